The Morgan fingerprint density at radius 1 is 0.933 bits per heavy atom. The SMILES string of the molecule is O=C1OCC[C@@H]1[NH2+]C[C@@H](c1ccccc1)c1c(-c2ccccc2)[nH]c2ccccc12. The maximum atomic E-state index is 12.1. The van der Waals surface area contributed by atoms with E-state index in [9.17, 15) is 4.79 Å². The number of hydrogen-bond acceptors (Lipinski definition) is 2. The van der Waals surface area contributed by atoms with Gasteiger partial charge in [-0.05, 0) is 22.8 Å². The van der Waals surface area contributed by atoms with Gasteiger partial charge in [-0.2, -0.15) is 0 Å². The number of nitrogens with one attached hydrogen (secondary N) is 1. The highest BCUT2D eigenvalue weighted by Crippen LogP contribution is 2.38. The predicted octanol–water partition coefficient (Wildman–Crippen LogP) is 3.85. The zero-order valence-corrected chi connectivity index (χ0v) is 16.8. The van der Waals surface area contributed by atoms with Gasteiger partial charge in [-0.25, -0.2) is 4.79 Å². The van der Waals surface area contributed by atoms with Crippen LogP contribution in [0.3, 0.4) is 0 Å². The minimum Gasteiger partial charge on any atom is -0.461 e. The number of esters is 1. The molecule has 1 saturated heterocycles. The van der Waals surface area contributed by atoms with Crippen molar-refractivity contribution in [2.75, 3.05) is 13.2 Å². The van der Waals surface area contributed by atoms with E-state index in [2.05, 4.69) is 83.1 Å². The quantitative estimate of drug-likeness (QED) is 0.486. The van der Waals surface area contributed by atoms with Crippen molar-refractivity contribution in [3.63, 3.8) is 0 Å². The lowest BCUT2D eigenvalue weighted by Crippen LogP contribution is -2.92. The first-order valence-corrected chi connectivity index (χ1v) is 10.5. The standard InChI is InChI=1S/C26H24N2O2/c29-26-23(15-16-30-26)27-17-21(18-9-3-1-4-10-18)24-20-13-7-8-14-22(20)28-25(24)19-11-5-2-6-12-19/h1-14,21,23,27-28H,15-17H2/p+1/t21-,23-/m0/s1. The van der Waals surface area contributed by atoms with Gasteiger partial charge in [-0.3, -0.25) is 0 Å². The van der Waals surface area contributed by atoms with Crippen LogP contribution >= 0.6 is 0 Å². The fraction of sp³-hybridized carbons (Fsp3) is 0.192. The minimum absolute atomic E-state index is 0.0935. The predicted molar refractivity (Wildman–Crippen MR) is 118 cm³/mol. The molecule has 2 heterocycles. The second kappa shape index (κ2) is 8.17. The summed E-state index contributed by atoms with van der Waals surface area (Å²) in [4.78, 5) is 15.7. The Balaban J connectivity index is 1.64. The van der Waals surface area contributed by atoms with Crippen molar-refractivity contribution >= 4 is 16.9 Å². The van der Waals surface area contributed by atoms with Gasteiger partial charge in [0.15, 0.2) is 6.04 Å². The van der Waals surface area contributed by atoms with Gasteiger partial charge >= 0.3 is 5.97 Å². The van der Waals surface area contributed by atoms with Crippen LogP contribution in [0, 0.1) is 0 Å². The van der Waals surface area contributed by atoms with E-state index >= 15 is 0 Å². The topological polar surface area (TPSA) is 58.7 Å². The van der Waals surface area contributed by atoms with Gasteiger partial charge in [-0.15, -0.1) is 0 Å². The molecule has 1 aliphatic rings. The molecule has 4 nitrogen and oxygen atoms in total. The van der Waals surface area contributed by atoms with E-state index in [4.69, 9.17) is 4.74 Å². The Labute approximate surface area is 175 Å². The summed E-state index contributed by atoms with van der Waals surface area (Å²) < 4.78 is 5.18. The molecular weight excluding hydrogens is 372 g/mol. The highest BCUT2D eigenvalue weighted by atomic mass is 16.5. The average Bonchev–Trinajstić information content (AvgIpc) is 3.39. The zero-order chi connectivity index (χ0) is 20.3. The van der Waals surface area contributed by atoms with Gasteiger partial charge in [0.05, 0.1) is 24.8 Å². The molecule has 0 saturated carbocycles. The second-order valence-corrected chi connectivity index (χ2v) is 7.82. The second-order valence-electron chi connectivity index (χ2n) is 7.82. The van der Waals surface area contributed by atoms with Crippen molar-refractivity contribution in [1.29, 1.82) is 0 Å². The Hall–Kier alpha value is -3.37. The summed E-state index contributed by atoms with van der Waals surface area (Å²) in [5, 5.41) is 3.39. The number of fused-ring (bicyclic) bond motifs is 1. The summed E-state index contributed by atoms with van der Waals surface area (Å²) in [5.74, 6) is 0.0509. The lowest BCUT2D eigenvalue weighted by atomic mass is 9.87. The molecule has 1 aromatic heterocycles. The molecule has 4 heteroatoms. The molecule has 30 heavy (non-hydrogen) atoms. The molecule has 0 aliphatic carbocycles. The summed E-state index contributed by atoms with van der Waals surface area (Å²) in [5.41, 5.74) is 5.98. The molecule has 0 radical (unpaired) electrons. The van der Waals surface area contributed by atoms with E-state index in [1.165, 1.54) is 22.1 Å². The van der Waals surface area contributed by atoms with E-state index in [1.54, 1.807) is 0 Å². The molecule has 3 aromatic carbocycles. The van der Waals surface area contributed by atoms with Crippen LogP contribution in [0.2, 0.25) is 0 Å². The van der Waals surface area contributed by atoms with Crippen molar-refractivity contribution in [2.45, 2.75) is 18.4 Å². The van der Waals surface area contributed by atoms with Crippen molar-refractivity contribution in [3.05, 3.63) is 96.1 Å². The normalized spacial score (nSPS) is 17.2. The number of ether oxygens (including phenoxy) is 1. The number of rotatable bonds is 6. The molecule has 0 amide bonds. The number of aromatic amines is 1. The van der Waals surface area contributed by atoms with Crippen molar-refractivity contribution in [1.82, 2.24) is 4.98 Å². The van der Waals surface area contributed by atoms with Crippen LogP contribution in [0.5, 0.6) is 0 Å². The number of H-pyrrole nitrogens is 1. The first-order valence-electron chi connectivity index (χ1n) is 10.5. The van der Waals surface area contributed by atoms with Gasteiger partial charge < -0.3 is 15.0 Å². The third kappa shape index (κ3) is 3.51. The van der Waals surface area contributed by atoms with E-state index < -0.39 is 0 Å². The zero-order valence-electron chi connectivity index (χ0n) is 16.8. The lowest BCUT2D eigenvalue weighted by Gasteiger charge is -2.19. The third-order valence-electron chi connectivity index (χ3n) is 5.99. The fourth-order valence-corrected chi connectivity index (χ4v) is 4.49. The minimum atomic E-state index is -0.110. The number of cyclic esters (lactones) is 1. The van der Waals surface area contributed by atoms with Crippen molar-refractivity contribution in [3.8, 4) is 11.3 Å². The third-order valence-corrected chi connectivity index (χ3v) is 5.99. The largest absolute Gasteiger partial charge is 0.461 e. The first kappa shape index (κ1) is 18.6. The summed E-state index contributed by atoms with van der Waals surface area (Å²) in [6.07, 6.45) is 0.778. The molecule has 1 fully saturated rings. The summed E-state index contributed by atoms with van der Waals surface area (Å²) in [7, 11) is 0. The first-order chi connectivity index (χ1) is 14.8. The van der Waals surface area contributed by atoms with E-state index in [0.29, 0.717) is 6.61 Å². The molecule has 3 N–H and O–H groups in total. The van der Waals surface area contributed by atoms with Crippen LogP contribution in [-0.2, 0) is 9.53 Å². The number of hydrogen-bond donors (Lipinski definition) is 2. The Morgan fingerprint density at radius 2 is 1.63 bits per heavy atom. The molecular formula is C26H25N2O2+. The highest BCUT2D eigenvalue weighted by molar-refractivity contribution is 5.92. The number of quaternary nitrogens is 1. The molecule has 2 atom stereocenters. The van der Waals surface area contributed by atoms with Gasteiger partial charge in [0.25, 0.3) is 0 Å². The van der Waals surface area contributed by atoms with E-state index in [0.717, 1.165) is 24.2 Å². The number of aromatic nitrogens is 1. The molecule has 0 bridgehead atoms. The van der Waals surface area contributed by atoms with Gasteiger partial charge in [0.2, 0.25) is 0 Å². The maximum Gasteiger partial charge on any atom is 0.364 e. The molecule has 5 rings (SSSR count). The van der Waals surface area contributed by atoms with E-state index in [-0.39, 0.29) is 17.9 Å². The molecule has 0 spiro atoms. The lowest BCUT2D eigenvalue weighted by molar-refractivity contribution is -0.677. The molecule has 4 aromatic rings. The maximum absolute atomic E-state index is 12.1. The van der Waals surface area contributed by atoms with Gasteiger partial charge in [0.1, 0.15) is 0 Å². The molecule has 1 aliphatic heterocycles. The molecule has 0 unspecified atom stereocenters. The van der Waals surface area contributed by atoms with Crippen LogP contribution in [0.15, 0.2) is 84.9 Å². The van der Waals surface area contributed by atoms with Gasteiger partial charge in [-0.1, -0.05) is 78.9 Å². The van der Waals surface area contributed by atoms with Crippen LogP contribution < -0.4 is 5.32 Å². The monoisotopic (exact) mass is 397 g/mol. The van der Waals surface area contributed by atoms with Crippen LogP contribution in [0.4, 0.5) is 0 Å². The smallest absolute Gasteiger partial charge is 0.364 e. The van der Waals surface area contributed by atoms with Crippen molar-refractivity contribution < 1.29 is 14.8 Å². The van der Waals surface area contributed by atoms with E-state index in [1.807, 2.05) is 12.1 Å². The number of benzene rings is 3. The highest BCUT2D eigenvalue weighted by Gasteiger charge is 2.32. The summed E-state index contributed by atoms with van der Waals surface area (Å²) in [6, 6.07) is 29.4. The summed E-state index contributed by atoms with van der Waals surface area (Å²) >= 11 is 0. The summed E-state index contributed by atoms with van der Waals surface area (Å²) in [6.45, 7) is 1.31. The van der Waals surface area contributed by atoms with Gasteiger partial charge in [0, 0.05) is 17.3 Å². The fourth-order valence-electron chi connectivity index (χ4n) is 4.49. The van der Waals surface area contributed by atoms with Crippen molar-refractivity contribution in [2.24, 2.45) is 0 Å². The molecule has 150 valence electrons. The van der Waals surface area contributed by atoms with Crippen LogP contribution in [0.25, 0.3) is 22.2 Å². The number of para-hydroxylation sites is 1. The Kier molecular flexibility index (Phi) is 5.08. The Bertz CT molecular complexity index is 1150. The number of nitrogens with two attached hydrogens (primary N) is 1. The van der Waals surface area contributed by atoms with Crippen LogP contribution in [-0.4, -0.2) is 30.1 Å². The number of carbonyl (C=O) groups is 1. The average molecular weight is 397 g/mol. The number of carbonyl (C=O) groups excluding carboxylic acids is 1. The van der Waals surface area contributed by atoms with Crippen LogP contribution in [0.1, 0.15) is 23.5 Å². The Morgan fingerprint density at radius 3 is 2.37 bits per heavy atom.